The Morgan fingerprint density at radius 2 is 0.935 bits per heavy atom. The van der Waals surface area contributed by atoms with Gasteiger partial charge in [-0.15, -0.1) is 0 Å². The van der Waals surface area contributed by atoms with Gasteiger partial charge in [0, 0.05) is 0 Å². The number of benzene rings is 8. The van der Waals surface area contributed by atoms with Crippen molar-refractivity contribution in [1.29, 1.82) is 0 Å². The Bertz CT molecular complexity index is 2430. The Balaban J connectivity index is 1.30. The van der Waals surface area contributed by atoms with Gasteiger partial charge >= 0.3 is 0 Å². The van der Waals surface area contributed by atoms with Crippen LogP contribution in [0.3, 0.4) is 0 Å². The average molecular weight is 593 g/mol. The highest BCUT2D eigenvalue weighted by Gasteiger charge is 2.23. The van der Waals surface area contributed by atoms with E-state index < -0.39 is 0 Å². The molecule has 224 valence electrons. The second-order valence-electron chi connectivity index (χ2n) is 14.5. The lowest BCUT2D eigenvalue weighted by Crippen LogP contribution is -2.04. The number of hydrogen-bond acceptors (Lipinski definition) is 0. The zero-order valence-corrected chi connectivity index (χ0v) is 26.6. The van der Waals surface area contributed by atoms with Gasteiger partial charge in [-0.25, -0.2) is 0 Å². The predicted octanol–water partition coefficient (Wildman–Crippen LogP) is 13.8. The van der Waals surface area contributed by atoms with Crippen molar-refractivity contribution in [2.45, 2.75) is 76.0 Å². The van der Waals surface area contributed by atoms with Crippen molar-refractivity contribution in [3.63, 3.8) is 0 Å². The Hall–Kier alpha value is -4.42. The fraction of sp³-hybridized carbons (Fsp3) is 0.261. The molecule has 0 unspecified atom stereocenters. The summed E-state index contributed by atoms with van der Waals surface area (Å²) in [6, 6.07) is 42.8. The summed E-state index contributed by atoms with van der Waals surface area (Å²) in [4.78, 5) is 0. The van der Waals surface area contributed by atoms with E-state index in [0.29, 0.717) is 11.8 Å². The summed E-state index contributed by atoms with van der Waals surface area (Å²) in [6.45, 7) is 0. The van der Waals surface area contributed by atoms with Gasteiger partial charge in [0.2, 0.25) is 0 Å². The van der Waals surface area contributed by atoms with Crippen molar-refractivity contribution in [2.75, 3.05) is 0 Å². The molecular formula is C46H40. The van der Waals surface area contributed by atoms with Crippen LogP contribution < -0.4 is 0 Å². The van der Waals surface area contributed by atoms with Gasteiger partial charge in [0.1, 0.15) is 0 Å². The molecule has 2 saturated carbocycles. The number of fused-ring (bicyclic) bond motifs is 5. The first-order valence-corrected chi connectivity index (χ1v) is 17.9. The standard InChI is InChI=1S/C46H40/c1-3-12-29(13-4-1)31-24-25-35-32(26-31)16-9-20-36(35)44-37-18-7-8-19-38(37)45-40-22-10-17-33-27-34(30-14-5-2-6-15-30)28-42(43(33)40)39-21-11-23-41(44)46(39)45/h7-11,16-30H,1-6,12-15H2. The Kier molecular flexibility index (Phi) is 6.15. The van der Waals surface area contributed by atoms with Gasteiger partial charge in [-0.3, -0.25) is 0 Å². The van der Waals surface area contributed by atoms with E-state index in [1.165, 1.54) is 146 Å². The molecule has 2 aliphatic rings. The highest BCUT2D eigenvalue weighted by molar-refractivity contribution is 6.40. The summed E-state index contributed by atoms with van der Waals surface area (Å²) in [5.74, 6) is 1.39. The fourth-order valence-corrected chi connectivity index (χ4v) is 9.78. The van der Waals surface area contributed by atoms with Gasteiger partial charge < -0.3 is 0 Å². The van der Waals surface area contributed by atoms with Crippen molar-refractivity contribution >= 4 is 64.6 Å². The minimum atomic E-state index is 0.681. The summed E-state index contributed by atoms with van der Waals surface area (Å²) in [7, 11) is 0. The second kappa shape index (κ2) is 10.6. The molecule has 0 spiro atoms. The highest BCUT2D eigenvalue weighted by Crippen LogP contribution is 2.49. The lowest BCUT2D eigenvalue weighted by Gasteiger charge is -2.25. The van der Waals surface area contributed by atoms with Crippen LogP contribution in [0.2, 0.25) is 0 Å². The van der Waals surface area contributed by atoms with Crippen molar-refractivity contribution < 1.29 is 0 Å². The van der Waals surface area contributed by atoms with Gasteiger partial charge in [0.05, 0.1) is 0 Å². The quantitative estimate of drug-likeness (QED) is 0.141. The molecule has 0 atom stereocenters. The summed E-state index contributed by atoms with van der Waals surface area (Å²) in [5.41, 5.74) is 5.81. The third kappa shape index (κ3) is 3.99. The van der Waals surface area contributed by atoms with Crippen LogP contribution in [0.25, 0.3) is 75.8 Å². The van der Waals surface area contributed by atoms with Gasteiger partial charge in [0.15, 0.2) is 0 Å². The van der Waals surface area contributed by atoms with Crippen LogP contribution in [0, 0.1) is 0 Å². The Labute approximate surface area is 271 Å². The van der Waals surface area contributed by atoms with Crippen LogP contribution in [0.15, 0.2) is 109 Å². The van der Waals surface area contributed by atoms with Crippen LogP contribution in [-0.2, 0) is 0 Å². The molecule has 46 heavy (non-hydrogen) atoms. The van der Waals surface area contributed by atoms with Gasteiger partial charge in [-0.05, 0) is 124 Å². The highest BCUT2D eigenvalue weighted by atomic mass is 14.3. The lowest BCUT2D eigenvalue weighted by atomic mass is 9.79. The summed E-state index contributed by atoms with van der Waals surface area (Å²) >= 11 is 0. The van der Waals surface area contributed by atoms with Crippen LogP contribution in [0.5, 0.6) is 0 Å². The molecule has 0 radical (unpaired) electrons. The van der Waals surface area contributed by atoms with E-state index in [1.807, 2.05) is 0 Å². The monoisotopic (exact) mass is 592 g/mol. The molecule has 0 heteroatoms. The first kappa shape index (κ1) is 26.8. The number of hydrogen-bond donors (Lipinski definition) is 0. The van der Waals surface area contributed by atoms with Gasteiger partial charge in [-0.1, -0.05) is 148 Å². The maximum atomic E-state index is 2.58. The van der Waals surface area contributed by atoms with Crippen LogP contribution in [-0.4, -0.2) is 0 Å². The molecule has 2 fully saturated rings. The molecule has 0 bridgehead atoms. The maximum Gasteiger partial charge on any atom is -0.00137 e. The lowest BCUT2D eigenvalue weighted by molar-refractivity contribution is 0.444. The SMILES string of the molecule is c1cc(-c2c3ccccc3c3c4cccc5cc(C6CCCCC6)cc(c6cccc2c63)c54)c2ccc(C3CCCCC3)cc2c1. The minimum absolute atomic E-state index is 0.681. The van der Waals surface area contributed by atoms with Crippen LogP contribution >= 0.6 is 0 Å². The van der Waals surface area contributed by atoms with E-state index in [9.17, 15) is 0 Å². The first-order chi connectivity index (χ1) is 22.8. The summed E-state index contributed by atoms with van der Waals surface area (Å²) in [6.07, 6.45) is 13.6. The Morgan fingerprint density at radius 3 is 1.76 bits per heavy atom. The average Bonchev–Trinajstić information content (AvgIpc) is 3.13. The molecule has 0 nitrogen and oxygen atoms in total. The van der Waals surface area contributed by atoms with Crippen molar-refractivity contribution in [3.8, 4) is 11.1 Å². The normalized spacial score (nSPS) is 17.0. The van der Waals surface area contributed by atoms with E-state index in [-0.39, 0.29) is 0 Å². The van der Waals surface area contributed by atoms with E-state index in [0.717, 1.165) is 0 Å². The third-order valence-electron chi connectivity index (χ3n) is 11.9. The zero-order valence-electron chi connectivity index (χ0n) is 26.6. The summed E-state index contributed by atoms with van der Waals surface area (Å²) in [5, 5.41) is 16.7. The van der Waals surface area contributed by atoms with E-state index in [1.54, 1.807) is 5.56 Å². The number of rotatable bonds is 3. The smallest absolute Gasteiger partial charge is 0.00137 e. The molecule has 0 aliphatic heterocycles. The van der Waals surface area contributed by atoms with Gasteiger partial charge in [-0.2, -0.15) is 0 Å². The zero-order chi connectivity index (χ0) is 30.2. The molecule has 2 aliphatic carbocycles. The predicted molar refractivity (Wildman–Crippen MR) is 200 cm³/mol. The molecule has 0 saturated heterocycles. The Morgan fingerprint density at radius 1 is 0.348 bits per heavy atom. The maximum absolute atomic E-state index is 2.58. The molecule has 0 amide bonds. The van der Waals surface area contributed by atoms with Crippen LogP contribution in [0.1, 0.15) is 87.2 Å². The molecule has 0 aromatic heterocycles. The van der Waals surface area contributed by atoms with Crippen LogP contribution in [0.4, 0.5) is 0 Å². The first-order valence-electron chi connectivity index (χ1n) is 17.9. The van der Waals surface area contributed by atoms with E-state index in [4.69, 9.17) is 0 Å². The second-order valence-corrected chi connectivity index (χ2v) is 14.5. The van der Waals surface area contributed by atoms with Crippen molar-refractivity contribution in [3.05, 3.63) is 120 Å². The molecule has 8 aromatic rings. The minimum Gasteiger partial charge on any atom is -0.0616 e. The van der Waals surface area contributed by atoms with Crippen molar-refractivity contribution in [2.24, 2.45) is 0 Å². The topological polar surface area (TPSA) is 0 Å². The van der Waals surface area contributed by atoms with E-state index in [2.05, 4.69) is 109 Å². The molecular weight excluding hydrogens is 553 g/mol. The van der Waals surface area contributed by atoms with E-state index >= 15 is 0 Å². The van der Waals surface area contributed by atoms with Crippen molar-refractivity contribution in [1.82, 2.24) is 0 Å². The fourth-order valence-electron chi connectivity index (χ4n) is 9.78. The van der Waals surface area contributed by atoms with Gasteiger partial charge in [0.25, 0.3) is 0 Å². The molecule has 0 heterocycles. The third-order valence-corrected chi connectivity index (χ3v) is 11.9. The molecule has 8 aromatic carbocycles. The summed E-state index contributed by atoms with van der Waals surface area (Å²) < 4.78 is 0. The molecule has 0 N–H and O–H groups in total. The molecule has 10 rings (SSSR count). The largest absolute Gasteiger partial charge is 0.0616 e.